The van der Waals surface area contributed by atoms with Gasteiger partial charge in [0, 0.05) is 25.7 Å². The number of aryl methyl sites for hydroxylation is 1. The van der Waals surface area contributed by atoms with Crippen molar-refractivity contribution in [3.05, 3.63) is 59.2 Å². The molecule has 0 aromatic heterocycles. The molecule has 3 N–H and O–H groups in total. The van der Waals surface area contributed by atoms with Gasteiger partial charge in [-0.1, -0.05) is 18.2 Å². The van der Waals surface area contributed by atoms with Gasteiger partial charge in [0.2, 0.25) is 0 Å². The molecule has 1 heterocycles. The number of hydrogen-bond acceptors (Lipinski definition) is 6. The second-order valence-electron chi connectivity index (χ2n) is 8.17. The molecule has 0 saturated carbocycles. The normalized spacial score (nSPS) is 19.5. The lowest BCUT2D eigenvalue weighted by Gasteiger charge is -2.28. The molecule has 0 unspecified atom stereocenters. The van der Waals surface area contributed by atoms with Crippen LogP contribution in [0, 0.1) is 0 Å². The number of nitrogens with one attached hydrogen (secondary N) is 1. The van der Waals surface area contributed by atoms with Crippen LogP contribution in [0.4, 0.5) is 0 Å². The Kier molecular flexibility index (Phi) is 7.06. The fourth-order valence-corrected chi connectivity index (χ4v) is 4.14. The quantitative estimate of drug-likeness (QED) is 0.626. The maximum absolute atomic E-state index is 12.3. The summed E-state index contributed by atoms with van der Waals surface area (Å²) in [5.41, 5.74) is 3.31. The summed E-state index contributed by atoms with van der Waals surface area (Å²) >= 11 is 0. The lowest BCUT2D eigenvalue weighted by Crippen LogP contribution is -2.43. The number of aliphatic hydroxyl groups excluding tert-OH is 1. The third kappa shape index (κ3) is 5.76. The first-order valence-electron chi connectivity index (χ1n) is 10.9. The largest absolute Gasteiger partial charge is 0.508 e. The minimum atomic E-state index is -0.622. The third-order valence-corrected chi connectivity index (χ3v) is 6.01. The number of phenolic OH excluding ortho intramolecular Hbond substituents is 1. The van der Waals surface area contributed by atoms with E-state index < -0.39 is 6.10 Å². The summed E-state index contributed by atoms with van der Waals surface area (Å²) in [5.74, 6) is 0.895. The molecule has 31 heavy (non-hydrogen) atoms. The fraction of sp³-hybridized carbons (Fsp3) is 0.458. The van der Waals surface area contributed by atoms with Crippen molar-refractivity contribution < 1.29 is 24.5 Å². The van der Waals surface area contributed by atoms with Crippen molar-refractivity contribution in [3.8, 4) is 11.5 Å². The minimum Gasteiger partial charge on any atom is -0.508 e. The van der Waals surface area contributed by atoms with Crippen LogP contribution >= 0.6 is 0 Å². The summed E-state index contributed by atoms with van der Waals surface area (Å²) in [6.07, 6.45) is 2.20. The summed E-state index contributed by atoms with van der Waals surface area (Å²) in [5, 5.41) is 23.3. The van der Waals surface area contributed by atoms with Gasteiger partial charge in [-0.05, 0) is 60.2 Å². The summed E-state index contributed by atoms with van der Waals surface area (Å²) in [4.78, 5) is 14.1. The van der Waals surface area contributed by atoms with E-state index >= 15 is 0 Å². The molecule has 2 aromatic rings. The number of aromatic hydroxyl groups is 1. The average Bonchev–Trinajstić information content (AvgIpc) is 2.81. The van der Waals surface area contributed by atoms with Gasteiger partial charge in [0.15, 0.2) is 6.61 Å². The van der Waals surface area contributed by atoms with Gasteiger partial charge in [0.25, 0.3) is 5.91 Å². The number of benzene rings is 2. The van der Waals surface area contributed by atoms with E-state index in [1.165, 1.54) is 11.1 Å². The van der Waals surface area contributed by atoms with E-state index in [2.05, 4.69) is 11.4 Å². The van der Waals surface area contributed by atoms with Crippen molar-refractivity contribution in [1.82, 2.24) is 10.2 Å². The molecule has 7 heteroatoms. The molecule has 1 fully saturated rings. The number of nitrogens with zero attached hydrogens (tertiary/aromatic N) is 1. The number of amides is 1. The molecular weight excluding hydrogens is 396 g/mol. The van der Waals surface area contributed by atoms with E-state index in [4.69, 9.17) is 9.47 Å². The Hall–Kier alpha value is -2.61. The van der Waals surface area contributed by atoms with Crippen molar-refractivity contribution in [2.45, 2.75) is 31.4 Å². The molecule has 1 amide bonds. The van der Waals surface area contributed by atoms with Gasteiger partial charge in [0.1, 0.15) is 11.5 Å². The first-order valence-corrected chi connectivity index (χ1v) is 10.9. The molecule has 2 aromatic carbocycles. The van der Waals surface area contributed by atoms with Gasteiger partial charge in [-0.2, -0.15) is 0 Å². The number of carbonyl (C=O) groups excluding carboxylic acids is 1. The predicted molar refractivity (Wildman–Crippen MR) is 116 cm³/mol. The molecule has 0 spiro atoms. The van der Waals surface area contributed by atoms with Crippen LogP contribution in [0.1, 0.15) is 29.2 Å². The molecule has 166 valence electrons. The highest BCUT2D eigenvalue weighted by Gasteiger charge is 2.21. The lowest BCUT2D eigenvalue weighted by atomic mass is 9.88. The standard InChI is InChI=1S/C24H30N2O5/c27-21-6-2-18(3-7-21)23(28)15-25-20-5-1-17-4-8-22(14-19(17)13-20)31-16-24(29)26-9-11-30-12-10-26/h2-4,6-8,14,20,23,25,27-28H,1,5,9-13,15-16H2/t20-,23-/m0/s1. The Morgan fingerprint density at radius 2 is 1.94 bits per heavy atom. The van der Waals surface area contributed by atoms with Crippen LogP contribution in [0.25, 0.3) is 0 Å². The number of ether oxygens (including phenoxy) is 2. The summed E-state index contributed by atoms with van der Waals surface area (Å²) in [6, 6.07) is 13.0. The molecule has 0 bridgehead atoms. The minimum absolute atomic E-state index is 0.0104. The number of rotatable bonds is 7. The third-order valence-electron chi connectivity index (χ3n) is 6.01. The Bertz CT molecular complexity index is 880. The Balaban J connectivity index is 1.28. The van der Waals surface area contributed by atoms with Crippen LogP contribution in [0.2, 0.25) is 0 Å². The van der Waals surface area contributed by atoms with Gasteiger partial charge >= 0.3 is 0 Å². The first kappa shape index (κ1) is 21.6. The molecule has 4 rings (SSSR count). The summed E-state index contributed by atoms with van der Waals surface area (Å²) in [7, 11) is 0. The number of carbonyl (C=O) groups is 1. The van der Waals surface area contributed by atoms with Crippen LogP contribution in [0.5, 0.6) is 11.5 Å². The van der Waals surface area contributed by atoms with Gasteiger partial charge in [-0.25, -0.2) is 0 Å². The first-order chi connectivity index (χ1) is 15.1. The summed E-state index contributed by atoms with van der Waals surface area (Å²) in [6.45, 7) is 2.90. The Morgan fingerprint density at radius 1 is 1.16 bits per heavy atom. The molecule has 1 aliphatic carbocycles. The molecule has 2 atom stereocenters. The van der Waals surface area contributed by atoms with E-state index in [0.717, 1.165) is 24.8 Å². The topological polar surface area (TPSA) is 91.3 Å². The van der Waals surface area contributed by atoms with Crippen LogP contribution in [-0.4, -0.2) is 66.5 Å². The number of aliphatic hydroxyl groups is 1. The van der Waals surface area contributed by atoms with Crippen molar-refractivity contribution in [2.24, 2.45) is 0 Å². The molecule has 2 aliphatic rings. The fourth-order valence-electron chi connectivity index (χ4n) is 4.14. The number of hydrogen-bond donors (Lipinski definition) is 3. The van der Waals surface area contributed by atoms with Crippen molar-refractivity contribution >= 4 is 5.91 Å². The van der Waals surface area contributed by atoms with Crippen molar-refractivity contribution in [2.75, 3.05) is 39.5 Å². The van der Waals surface area contributed by atoms with E-state index in [0.29, 0.717) is 38.6 Å². The van der Waals surface area contributed by atoms with Crippen molar-refractivity contribution in [3.63, 3.8) is 0 Å². The highest BCUT2D eigenvalue weighted by atomic mass is 16.5. The van der Waals surface area contributed by atoms with Crippen LogP contribution in [-0.2, 0) is 22.4 Å². The zero-order valence-corrected chi connectivity index (χ0v) is 17.6. The van der Waals surface area contributed by atoms with Gasteiger partial charge in [0.05, 0.1) is 19.3 Å². The highest BCUT2D eigenvalue weighted by Crippen LogP contribution is 2.26. The van der Waals surface area contributed by atoms with E-state index in [1.807, 2.05) is 12.1 Å². The smallest absolute Gasteiger partial charge is 0.260 e. The van der Waals surface area contributed by atoms with Gasteiger partial charge in [-0.15, -0.1) is 0 Å². The van der Waals surface area contributed by atoms with Crippen LogP contribution < -0.4 is 10.1 Å². The average molecular weight is 427 g/mol. The molecule has 7 nitrogen and oxygen atoms in total. The SMILES string of the molecule is O=C(COc1ccc2c(c1)C[C@@H](NC[C@H](O)c1ccc(O)cc1)CC2)N1CCOCC1. The second-order valence-corrected chi connectivity index (χ2v) is 8.17. The maximum Gasteiger partial charge on any atom is 0.260 e. The number of phenols is 1. The Morgan fingerprint density at radius 3 is 2.71 bits per heavy atom. The van der Waals surface area contributed by atoms with Crippen LogP contribution in [0.3, 0.4) is 0 Å². The number of morpholine rings is 1. The monoisotopic (exact) mass is 426 g/mol. The van der Waals surface area contributed by atoms with E-state index in [9.17, 15) is 15.0 Å². The molecule has 1 saturated heterocycles. The highest BCUT2D eigenvalue weighted by molar-refractivity contribution is 5.77. The molecule has 1 aliphatic heterocycles. The Labute approximate surface area is 182 Å². The summed E-state index contributed by atoms with van der Waals surface area (Å²) < 4.78 is 11.1. The number of fused-ring (bicyclic) bond motifs is 1. The molecule has 0 radical (unpaired) electrons. The van der Waals surface area contributed by atoms with Gasteiger partial charge in [-0.3, -0.25) is 4.79 Å². The van der Waals surface area contributed by atoms with E-state index in [1.54, 1.807) is 29.2 Å². The second kappa shape index (κ2) is 10.1. The van der Waals surface area contributed by atoms with Crippen molar-refractivity contribution in [1.29, 1.82) is 0 Å². The van der Waals surface area contributed by atoms with Gasteiger partial charge < -0.3 is 29.9 Å². The zero-order chi connectivity index (χ0) is 21.6. The maximum atomic E-state index is 12.3. The van der Waals surface area contributed by atoms with Crippen LogP contribution in [0.15, 0.2) is 42.5 Å². The van der Waals surface area contributed by atoms with E-state index in [-0.39, 0.29) is 24.3 Å². The lowest BCUT2D eigenvalue weighted by molar-refractivity contribution is -0.137. The molecular formula is C24H30N2O5. The zero-order valence-electron chi connectivity index (χ0n) is 17.6. The predicted octanol–water partition coefficient (Wildman–Crippen LogP) is 1.81.